The second-order valence-electron chi connectivity index (χ2n) is 9.89. The topological polar surface area (TPSA) is 98.8 Å². The molecule has 196 valence electrons. The van der Waals surface area contributed by atoms with Gasteiger partial charge in [-0.05, 0) is 43.2 Å². The van der Waals surface area contributed by atoms with Crippen LogP contribution >= 0.6 is 11.8 Å². The van der Waals surface area contributed by atoms with E-state index in [2.05, 4.69) is 17.2 Å². The Hall–Kier alpha value is -3.47. The van der Waals surface area contributed by atoms with Gasteiger partial charge in [0.25, 0.3) is 5.91 Å². The van der Waals surface area contributed by atoms with Crippen LogP contribution in [-0.4, -0.2) is 69.2 Å². The molecule has 0 aromatic heterocycles. The van der Waals surface area contributed by atoms with Gasteiger partial charge < -0.3 is 15.1 Å². The van der Waals surface area contributed by atoms with Crippen molar-refractivity contribution in [1.29, 1.82) is 0 Å². The number of hydrogen-bond donors (Lipinski definition) is 2. The quantitative estimate of drug-likeness (QED) is 0.435. The Morgan fingerprint density at radius 3 is 2.59 bits per heavy atom. The zero-order chi connectivity index (χ0) is 27.1. The zero-order valence-corrected chi connectivity index (χ0v) is 21.6. The lowest BCUT2D eigenvalue weighted by molar-refractivity contribution is -0.137. The van der Waals surface area contributed by atoms with Crippen LogP contribution in [0, 0.1) is 0 Å². The van der Waals surface area contributed by atoms with Gasteiger partial charge >= 0.3 is 6.03 Å². The van der Waals surface area contributed by atoms with Gasteiger partial charge in [-0.3, -0.25) is 19.7 Å². The number of fused-ring (bicyclic) bond motifs is 1. The predicted octanol–water partition coefficient (Wildman–Crippen LogP) is 3.26. The number of thioether (sulfide) groups is 1. The molecule has 2 atom stereocenters. The largest absolute Gasteiger partial charge is 0.325 e. The molecule has 0 bridgehead atoms. The summed E-state index contributed by atoms with van der Waals surface area (Å²) in [4.78, 5) is 53.3. The lowest BCUT2D eigenvalue weighted by atomic mass is 9.95. The van der Waals surface area contributed by atoms with E-state index in [1.54, 1.807) is 33.0 Å². The fourth-order valence-electron chi connectivity index (χ4n) is 4.82. The van der Waals surface area contributed by atoms with Crippen LogP contribution in [0.15, 0.2) is 54.7 Å². The Morgan fingerprint density at radius 2 is 1.95 bits per heavy atom. The molecule has 2 saturated heterocycles. The number of carbonyl (C=O) groups excluding carboxylic acids is 4. The van der Waals surface area contributed by atoms with Gasteiger partial charge in [0.1, 0.15) is 23.7 Å². The first kappa shape index (κ1) is 26.6. The summed E-state index contributed by atoms with van der Waals surface area (Å²) in [6.07, 6.45) is 3.84. The first-order valence-corrected chi connectivity index (χ1v) is 12.7. The van der Waals surface area contributed by atoms with E-state index in [0.29, 0.717) is 30.4 Å². The smallest absolute Gasteiger partial charge is 0.324 e. The monoisotopic (exact) mass is 530 g/mol. The molecule has 1 aromatic carbocycles. The molecule has 2 heterocycles. The second kappa shape index (κ2) is 9.77. The Bertz CT molecular complexity index is 1260. The molecule has 0 unspecified atom stereocenters. The molecule has 1 spiro atoms. The number of imide groups is 1. The zero-order valence-electron chi connectivity index (χ0n) is 20.8. The minimum atomic E-state index is -0.969. The van der Waals surface area contributed by atoms with E-state index >= 15 is 0 Å². The molecule has 2 fully saturated rings. The highest BCUT2D eigenvalue weighted by molar-refractivity contribution is 8.01. The third-order valence-electron chi connectivity index (χ3n) is 6.92. The summed E-state index contributed by atoms with van der Waals surface area (Å²) in [5.74, 6) is -2.40. The van der Waals surface area contributed by atoms with E-state index in [1.165, 1.54) is 27.6 Å². The lowest BCUT2D eigenvalue weighted by Gasteiger charge is -2.41. The van der Waals surface area contributed by atoms with Crippen LogP contribution in [0.4, 0.5) is 19.3 Å². The van der Waals surface area contributed by atoms with Crippen molar-refractivity contribution in [2.75, 3.05) is 24.7 Å². The van der Waals surface area contributed by atoms with Crippen LogP contribution in [-0.2, 0) is 27.2 Å². The molecule has 0 saturated carbocycles. The van der Waals surface area contributed by atoms with E-state index in [9.17, 15) is 28.0 Å². The average molecular weight is 531 g/mol. The Labute approximate surface area is 217 Å². The number of benzene rings is 1. The number of urea groups is 1. The van der Waals surface area contributed by atoms with Crippen molar-refractivity contribution in [2.45, 2.75) is 43.0 Å². The van der Waals surface area contributed by atoms with Crippen molar-refractivity contribution in [1.82, 2.24) is 15.1 Å². The van der Waals surface area contributed by atoms with Gasteiger partial charge in [-0.1, -0.05) is 18.7 Å². The van der Waals surface area contributed by atoms with Gasteiger partial charge in [-0.25, -0.2) is 13.6 Å². The molecule has 8 nitrogen and oxygen atoms in total. The number of nitrogens with one attached hydrogen (secondary N) is 2. The summed E-state index contributed by atoms with van der Waals surface area (Å²) in [6, 6.07) is 4.29. The van der Waals surface area contributed by atoms with E-state index < -0.39 is 39.9 Å². The standard InChI is InChI=1S/C26H28F2N4O4S/c1-15(27)9-18(28)6-8-20-14-37-25(2,3)23(35)32(20)13-21(33)29-19-7-5-16-11-26(12-17(16)10-19)22(34)30-24(36)31(26)4/h5-10,20H,1,11-14H2,2-4H3,(H,29,33)(H,30,34,36)/b8-6+,18-9+/t20-,26-/m0/s1. The number of rotatable bonds is 6. The minimum Gasteiger partial charge on any atom is -0.325 e. The van der Waals surface area contributed by atoms with E-state index in [0.717, 1.165) is 17.2 Å². The maximum absolute atomic E-state index is 13.9. The van der Waals surface area contributed by atoms with Gasteiger partial charge in [0.15, 0.2) is 0 Å². The fraction of sp³-hybridized carbons (Fsp3) is 0.385. The van der Waals surface area contributed by atoms with Crippen LogP contribution in [0.2, 0.25) is 0 Å². The molecule has 4 rings (SSSR count). The average Bonchev–Trinajstić information content (AvgIpc) is 3.29. The fourth-order valence-corrected chi connectivity index (χ4v) is 5.94. The number of halogens is 2. The summed E-state index contributed by atoms with van der Waals surface area (Å²) in [5, 5.41) is 5.15. The molecule has 2 aliphatic heterocycles. The third kappa shape index (κ3) is 5.18. The van der Waals surface area contributed by atoms with Crippen molar-refractivity contribution >= 4 is 41.2 Å². The van der Waals surface area contributed by atoms with Crippen LogP contribution in [0.3, 0.4) is 0 Å². The second-order valence-corrected chi connectivity index (χ2v) is 11.5. The van der Waals surface area contributed by atoms with Crippen molar-refractivity contribution in [3.05, 3.63) is 65.8 Å². The molecular formula is C26H28F2N4O4S. The molecule has 5 amide bonds. The number of allylic oxidation sites excluding steroid dienone is 4. The molecule has 0 radical (unpaired) electrons. The Balaban J connectivity index is 1.48. The van der Waals surface area contributed by atoms with Crippen LogP contribution < -0.4 is 10.6 Å². The summed E-state index contributed by atoms with van der Waals surface area (Å²) in [6.45, 7) is 6.25. The molecule has 1 aromatic rings. The predicted molar refractivity (Wildman–Crippen MR) is 137 cm³/mol. The van der Waals surface area contributed by atoms with E-state index in [1.807, 2.05) is 6.07 Å². The molecule has 11 heteroatoms. The van der Waals surface area contributed by atoms with Crippen LogP contribution in [0.5, 0.6) is 0 Å². The first-order chi connectivity index (χ1) is 17.3. The number of nitrogens with zero attached hydrogens (tertiary/aromatic N) is 2. The van der Waals surface area contributed by atoms with E-state index in [-0.39, 0.29) is 18.4 Å². The summed E-state index contributed by atoms with van der Waals surface area (Å²) < 4.78 is 26.0. The van der Waals surface area contributed by atoms with Gasteiger partial charge in [0.05, 0.1) is 10.8 Å². The van der Waals surface area contributed by atoms with Crippen LogP contribution in [0.1, 0.15) is 25.0 Å². The Morgan fingerprint density at radius 1 is 1.24 bits per heavy atom. The van der Waals surface area contributed by atoms with Gasteiger partial charge in [-0.2, -0.15) is 0 Å². The summed E-state index contributed by atoms with van der Waals surface area (Å²) >= 11 is 1.39. The van der Waals surface area contributed by atoms with Gasteiger partial charge in [-0.15, -0.1) is 11.8 Å². The molecular weight excluding hydrogens is 502 g/mol. The van der Waals surface area contributed by atoms with Crippen molar-refractivity contribution in [3.63, 3.8) is 0 Å². The number of likely N-dealkylation sites (N-methyl/N-ethyl adjacent to an activating group) is 1. The third-order valence-corrected chi connectivity index (χ3v) is 8.33. The summed E-state index contributed by atoms with van der Waals surface area (Å²) in [5.41, 5.74) is 1.28. The number of carbonyl (C=O) groups is 4. The molecule has 3 aliphatic rings. The van der Waals surface area contributed by atoms with Crippen molar-refractivity contribution < 1.29 is 28.0 Å². The normalized spacial score (nSPS) is 25.2. The van der Waals surface area contributed by atoms with Crippen LogP contribution in [0.25, 0.3) is 0 Å². The maximum atomic E-state index is 13.9. The highest BCUT2D eigenvalue weighted by Crippen LogP contribution is 2.38. The molecule has 1 aliphatic carbocycles. The van der Waals surface area contributed by atoms with Gasteiger partial charge in [0, 0.05) is 37.4 Å². The SMILES string of the molecule is C=C(F)/C=C(F)\C=C\[C@H]1CSC(C)(C)C(=O)N1CC(=O)Nc1ccc2c(c1)C[C@@]1(C2)C(=O)NC(=O)N1C. The maximum Gasteiger partial charge on any atom is 0.324 e. The lowest BCUT2D eigenvalue weighted by Crippen LogP contribution is -2.55. The summed E-state index contributed by atoms with van der Waals surface area (Å²) in [7, 11) is 1.59. The molecule has 37 heavy (non-hydrogen) atoms. The van der Waals surface area contributed by atoms with Crippen molar-refractivity contribution in [2.24, 2.45) is 0 Å². The highest BCUT2D eigenvalue weighted by atomic mass is 32.2. The van der Waals surface area contributed by atoms with Crippen molar-refractivity contribution in [3.8, 4) is 0 Å². The van der Waals surface area contributed by atoms with Gasteiger partial charge in [0.2, 0.25) is 11.8 Å². The highest BCUT2D eigenvalue weighted by Gasteiger charge is 2.54. The minimum absolute atomic E-state index is 0.264. The number of hydrogen-bond acceptors (Lipinski definition) is 5. The Kier molecular flexibility index (Phi) is 7.02. The molecule has 2 N–H and O–H groups in total. The number of amides is 5. The number of anilines is 1. The van der Waals surface area contributed by atoms with E-state index in [4.69, 9.17) is 0 Å². The first-order valence-electron chi connectivity index (χ1n) is 11.7.